The minimum Gasteiger partial charge on any atom is -0.464 e. The molecule has 0 radical (unpaired) electrons. The summed E-state index contributed by atoms with van der Waals surface area (Å²) in [7, 11) is 0. The van der Waals surface area contributed by atoms with Crippen molar-refractivity contribution in [3.8, 4) is 0 Å². The first kappa shape index (κ1) is 7.35. The summed E-state index contributed by atoms with van der Waals surface area (Å²) in [6, 6.07) is 4.58. The summed E-state index contributed by atoms with van der Waals surface area (Å²) in [5, 5.41) is 0.887. The van der Waals surface area contributed by atoms with E-state index in [0.717, 1.165) is 23.0 Å². The summed E-state index contributed by atoms with van der Waals surface area (Å²) in [5.74, 6) is -0.210. The van der Waals surface area contributed by atoms with Gasteiger partial charge in [-0.05, 0) is 30.2 Å². The molecule has 0 bridgehead atoms. The predicted molar refractivity (Wildman–Crippen MR) is 45.6 cm³/mol. The molecule has 62 valence electrons. The third-order valence-electron chi connectivity index (χ3n) is 2.00. The van der Waals surface area contributed by atoms with Crippen molar-refractivity contribution in [1.29, 1.82) is 0 Å². The first-order chi connectivity index (χ1) is 5.81. The molecule has 2 aromatic rings. The van der Waals surface area contributed by atoms with Crippen LogP contribution in [0.2, 0.25) is 0 Å². The Hall–Kier alpha value is -1.31. The van der Waals surface area contributed by atoms with Crippen LogP contribution in [0.4, 0.5) is 4.39 Å². The van der Waals surface area contributed by atoms with Crippen molar-refractivity contribution in [3.63, 3.8) is 0 Å². The fourth-order valence-electron chi connectivity index (χ4n) is 1.33. The number of furan rings is 1. The normalized spacial score (nSPS) is 10.8. The predicted octanol–water partition coefficient (Wildman–Crippen LogP) is 3.13. The molecule has 0 atom stereocenters. The van der Waals surface area contributed by atoms with Gasteiger partial charge in [-0.2, -0.15) is 0 Å². The summed E-state index contributed by atoms with van der Waals surface area (Å²) in [6.45, 7) is 2.02. The van der Waals surface area contributed by atoms with Gasteiger partial charge in [0.1, 0.15) is 11.4 Å². The first-order valence-electron chi connectivity index (χ1n) is 3.97. The molecule has 0 saturated carbocycles. The molecule has 2 heteroatoms. The average molecular weight is 164 g/mol. The van der Waals surface area contributed by atoms with Gasteiger partial charge in [0.05, 0.1) is 6.26 Å². The summed E-state index contributed by atoms with van der Waals surface area (Å²) in [4.78, 5) is 0. The quantitative estimate of drug-likeness (QED) is 0.631. The lowest BCUT2D eigenvalue weighted by atomic mass is 10.1. The second-order valence-corrected chi connectivity index (χ2v) is 2.75. The van der Waals surface area contributed by atoms with Gasteiger partial charge in [0.25, 0.3) is 0 Å². The minimum absolute atomic E-state index is 0.210. The smallest absolute Gasteiger partial charge is 0.134 e. The molecular formula is C10H9FO. The van der Waals surface area contributed by atoms with Crippen LogP contribution in [0.25, 0.3) is 11.0 Å². The Morgan fingerprint density at radius 3 is 3.00 bits per heavy atom. The summed E-state index contributed by atoms with van der Waals surface area (Å²) in [6.07, 6.45) is 2.56. The lowest BCUT2D eigenvalue weighted by Crippen LogP contribution is -1.76. The van der Waals surface area contributed by atoms with E-state index in [9.17, 15) is 4.39 Å². The molecule has 1 aromatic heterocycles. The maximum Gasteiger partial charge on any atom is 0.134 e. The number of hydrogen-bond acceptors (Lipinski definition) is 1. The lowest BCUT2D eigenvalue weighted by Gasteiger charge is -1.91. The molecule has 1 heterocycles. The van der Waals surface area contributed by atoms with Crippen molar-refractivity contribution in [2.24, 2.45) is 0 Å². The van der Waals surface area contributed by atoms with E-state index in [1.165, 1.54) is 12.1 Å². The number of rotatable bonds is 1. The van der Waals surface area contributed by atoms with Crippen LogP contribution >= 0.6 is 0 Å². The fraction of sp³-hybridized carbons (Fsp3) is 0.200. The zero-order valence-corrected chi connectivity index (χ0v) is 6.80. The van der Waals surface area contributed by atoms with Crippen molar-refractivity contribution in [2.75, 3.05) is 0 Å². The van der Waals surface area contributed by atoms with E-state index in [4.69, 9.17) is 4.42 Å². The van der Waals surface area contributed by atoms with E-state index in [1.807, 2.05) is 6.92 Å². The topological polar surface area (TPSA) is 13.1 Å². The van der Waals surface area contributed by atoms with Crippen molar-refractivity contribution < 1.29 is 8.81 Å². The van der Waals surface area contributed by atoms with Gasteiger partial charge in [0, 0.05) is 5.39 Å². The minimum atomic E-state index is -0.210. The van der Waals surface area contributed by atoms with E-state index >= 15 is 0 Å². The summed E-state index contributed by atoms with van der Waals surface area (Å²) < 4.78 is 18.0. The van der Waals surface area contributed by atoms with E-state index in [2.05, 4.69) is 0 Å². The summed E-state index contributed by atoms with van der Waals surface area (Å²) in [5.41, 5.74) is 1.82. The van der Waals surface area contributed by atoms with Gasteiger partial charge < -0.3 is 4.42 Å². The number of halogens is 1. The largest absolute Gasteiger partial charge is 0.464 e. The van der Waals surface area contributed by atoms with Gasteiger partial charge in [-0.3, -0.25) is 0 Å². The fourth-order valence-corrected chi connectivity index (χ4v) is 1.33. The van der Waals surface area contributed by atoms with Gasteiger partial charge in [-0.1, -0.05) is 6.92 Å². The van der Waals surface area contributed by atoms with Gasteiger partial charge in [-0.15, -0.1) is 0 Å². The van der Waals surface area contributed by atoms with Crippen LogP contribution in [0.3, 0.4) is 0 Å². The molecule has 0 amide bonds. The molecule has 0 unspecified atom stereocenters. The molecule has 0 aliphatic carbocycles. The molecule has 12 heavy (non-hydrogen) atoms. The zero-order valence-electron chi connectivity index (χ0n) is 6.80. The first-order valence-corrected chi connectivity index (χ1v) is 3.97. The maximum absolute atomic E-state index is 12.8. The Morgan fingerprint density at radius 2 is 2.25 bits per heavy atom. The summed E-state index contributed by atoms with van der Waals surface area (Å²) >= 11 is 0. The number of benzene rings is 1. The molecule has 1 nitrogen and oxygen atoms in total. The molecular weight excluding hydrogens is 155 g/mol. The number of aryl methyl sites for hydroxylation is 1. The maximum atomic E-state index is 12.8. The van der Waals surface area contributed by atoms with E-state index in [1.54, 1.807) is 12.3 Å². The van der Waals surface area contributed by atoms with Gasteiger partial charge in [-0.25, -0.2) is 4.39 Å². The van der Waals surface area contributed by atoms with E-state index in [0.29, 0.717) is 0 Å². The highest BCUT2D eigenvalue weighted by Gasteiger charge is 2.03. The van der Waals surface area contributed by atoms with Crippen LogP contribution < -0.4 is 0 Å². The van der Waals surface area contributed by atoms with Crippen molar-refractivity contribution in [3.05, 3.63) is 35.8 Å². The average Bonchev–Trinajstić information content (AvgIpc) is 2.46. The number of fused-ring (bicyclic) bond motifs is 1. The third-order valence-corrected chi connectivity index (χ3v) is 2.00. The van der Waals surface area contributed by atoms with Crippen molar-refractivity contribution >= 4 is 11.0 Å². The Balaban J connectivity index is 2.75. The van der Waals surface area contributed by atoms with Crippen molar-refractivity contribution in [1.82, 2.24) is 0 Å². The molecule has 0 N–H and O–H groups in total. The van der Waals surface area contributed by atoms with Gasteiger partial charge in [0.15, 0.2) is 0 Å². The van der Waals surface area contributed by atoms with Crippen LogP contribution in [0.1, 0.15) is 12.5 Å². The Kier molecular flexibility index (Phi) is 1.61. The molecule has 0 aliphatic heterocycles. The van der Waals surface area contributed by atoms with E-state index in [-0.39, 0.29) is 5.82 Å². The van der Waals surface area contributed by atoms with Crippen LogP contribution in [0, 0.1) is 5.82 Å². The molecule has 1 aromatic carbocycles. The van der Waals surface area contributed by atoms with E-state index < -0.39 is 0 Å². The molecule has 0 fully saturated rings. The lowest BCUT2D eigenvalue weighted by molar-refractivity contribution is 0.606. The second-order valence-electron chi connectivity index (χ2n) is 2.75. The molecule has 0 aliphatic rings. The Labute approximate surface area is 69.8 Å². The Bertz CT molecular complexity index is 403. The highest BCUT2D eigenvalue weighted by molar-refractivity contribution is 5.80. The van der Waals surface area contributed by atoms with Crippen LogP contribution in [-0.4, -0.2) is 0 Å². The van der Waals surface area contributed by atoms with Crippen molar-refractivity contribution in [2.45, 2.75) is 13.3 Å². The van der Waals surface area contributed by atoms with Gasteiger partial charge >= 0.3 is 0 Å². The molecule has 0 saturated heterocycles. The zero-order chi connectivity index (χ0) is 8.55. The molecule has 2 rings (SSSR count). The highest BCUT2D eigenvalue weighted by atomic mass is 19.1. The SMILES string of the molecule is CCc1coc2ccc(F)cc12. The standard InChI is InChI=1S/C10H9FO/c1-2-7-6-12-10-4-3-8(11)5-9(7)10/h3-6H,2H2,1H3. The van der Waals surface area contributed by atoms with Crippen LogP contribution in [0.15, 0.2) is 28.9 Å². The highest BCUT2D eigenvalue weighted by Crippen LogP contribution is 2.22. The Morgan fingerprint density at radius 1 is 1.42 bits per heavy atom. The monoisotopic (exact) mass is 164 g/mol. The van der Waals surface area contributed by atoms with Gasteiger partial charge in [0.2, 0.25) is 0 Å². The third kappa shape index (κ3) is 0.998. The molecule has 0 spiro atoms. The van der Waals surface area contributed by atoms with Crippen LogP contribution in [-0.2, 0) is 6.42 Å². The number of hydrogen-bond donors (Lipinski definition) is 0. The second kappa shape index (κ2) is 2.63. The van der Waals surface area contributed by atoms with Crippen LogP contribution in [0.5, 0.6) is 0 Å².